The highest BCUT2D eigenvalue weighted by Gasteiger charge is 2.06. The predicted molar refractivity (Wildman–Crippen MR) is 58.6 cm³/mol. The van der Waals surface area contributed by atoms with E-state index in [0.29, 0.717) is 11.8 Å². The summed E-state index contributed by atoms with van der Waals surface area (Å²) in [6.07, 6.45) is 0. The molecule has 0 bridgehead atoms. The Hall–Kier alpha value is -1.84. The third-order valence-electron chi connectivity index (χ3n) is 2.06. The summed E-state index contributed by atoms with van der Waals surface area (Å²) in [5.41, 5.74) is 2.18. The topological polar surface area (TPSA) is 51.0 Å². The van der Waals surface area contributed by atoms with E-state index in [1.165, 1.54) is 5.56 Å². The van der Waals surface area contributed by atoms with Gasteiger partial charge in [-0.15, -0.1) is 0 Å². The Morgan fingerprint density at radius 1 is 1.27 bits per heavy atom. The molecule has 0 aliphatic carbocycles. The molecule has 0 saturated heterocycles. The van der Waals surface area contributed by atoms with Crippen molar-refractivity contribution in [3.8, 4) is 11.4 Å². The third kappa shape index (κ3) is 2.15. The molecule has 0 aliphatic rings. The lowest BCUT2D eigenvalue weighted by molar-refractivity contribution is 0.432. The van der Waals surface area contributed by atoms with Crippen LogP contribution >= 0.6 is 0 Å². The van der Waals surface area contributed by atoms with Crippen molar-refractivity contribution in [2.24, 2.45) is 0 Å². The van der Waals surface area contributed by atoms with E-state index < -0.39 is 0 Å². The van der Waals surface area contributed by atoms with Gasteiger partial charge in [0.25, 0.3) is 0 Å². The van der Waals surface area contributed by atoms with Gasteiger partial charge in [0.2, 0.25) is 5.82 Å². The molecule has 1 N–H and O–H groups in total. The second kappa shape index (κ2) is 4.13. The van der Waals surface area contributed by atoms with Crippen molar-refractivity contribution in [2.75, 3.05) is 11.9 Å². The lowest BCUT2D eigenvalue weighted by atomic mass is 10.1. The van der Waals surface area contributed by atoms with Crippen LogP contribution in [0.25, 0.3) is 11.4 Å². The van der Waals surface area contributed by atoms with Crippen molar-refractivity contribution in [1.82, 2.24) is 10.1 Å². The molecule has 0 aliphatic heterocycles. The van der Waals surface area contributed by atoms with E-state index in [2.05, 4.69) is 15.5 Å². The zero-order valence-corrected chi connectivity index (χ0v) is 8.82. The number of benzene rings is 1. The van der Waals surface area contributed by atoms with Crippen molar-refractivity contribution in [3.63, 3.8) is 0 Å². The van der Waals surface area contributed by atoms with E-state index in [-0.39, 0.29) is 0 Å². The molecule has 1 aromatic heterocycles. The van der Waals surface area contributed by atoms with Gasteiger partial charge in [-0.25, -0.2) is 0 Å². The van der Waals surface area contributed by atoms with Gasteiger partial charge in [0.15, 0.2) is 0 Å². The minimum atomic E-state index is 0.466. The number of nitrogens with one attached hydrogen (secondary N) is 1. The Kier molecular flexibility index (Phi) is 2.67. The molecule has 0 fully saturated rings. The molecule has 0 saturated carbocycles. The van der Waals surface area contributed by atoms with Gasteiger partial charge < -0.3 is 9.84 Å². The molecular formula is C11H13N3O. The lowest BCUT2D eigenvalue weighted by Crippen LogP contribution is -1.95. The molecule has 2 rings (SSSR count). The number of anilines is 1. The van der Waals surface area contributed by atoms with Crippen LogP contribution in [0.5, 0.6) is 0 Å². The predicted octanol–water partition coefficient (Wildman–Crippen LogP) is 2.48. The summed E-state index contributed by atoms with van der Waals surface area (Å²) in [7, 11) is 0. The highest BCUT2D eigenvalue weighted by atomic mass is 16.5. The first kappa shape index (κ1) is 9.71. The first-order valence-corrected chi connectivity index (χ1v) is 4.94. The second-order valence-corrected chi connectivity index (χ2v) is 3.32. The molecule has 0 spiro atoms. The molecule has 1 heterocycles. The van der Waals surface area contributed by atoms with E-state index in [1.54, 1.807) is 0 Å². The second-order valence-electron chi connectivity index (χ2n) is 3.32. The highest BCUT2D eigenvalue weighted by molar-refractivity contribution is 5.55. The molecule has 78 valence electrons. The van der Waals surface area contributed by atoms with Crippen LogP contribution in [0.1, 0.15) is 12.5 Å². The van der Waals surface area contributed by atoms with Crippen molar-refractivity contribution in [2.45, 2.75) is 13.8 Å². The standard InChI is InChI=1S/C11H13N3O/c1-3-12-11-13-10(14-15-11)9-6-4-8(2)5-7-9/h4-7H,3H2,1-2H3,(H,12,13,14). The van der Waals surface area contributed by atoms with Crippen LogP contribution < -0.4 is 5.32 Å². The molecule has 2 aromatic rings. The first-order chi connectivity index (χ1) is 7.29. The number of aryl methyl sites for hydroxylation is 1. The summed E-state index contributed by atoms with van der Waals surface area (Å²) in [5, 5.41) is 6.85. The molecule has 1 aromatic carbocycles. The Labute approximate surface area is 88.3 Å². The van der Waals surface area contributed by atoms with E-state index in [1.807, 2.05) is 38.1 Å². The third-order valence-corrected chi connectivity index (χ3v) is 2.06. The number of hydrogen-bond donors (Lipinski definition) is 1. The summed E-state index contributed by atoms with van der Waals surface area (Å²) < 4.78 is 5.02. The van der Waals surface area contributed by atoms with Crippen LogP contribution in [-0.2, 0) is 0 Å². The van der Waals surface area contributed by atoms with Gasteiger partial charge in [-0.05, 0) is 13.8 Å². The minimum Gasteiger partial charge on any atom is -0.338 e. The molecule has 0 atom stereocenters. The average molecular weight is 203 g/mol. The first-order valence-electron chi connectivity index (χ1n) is 4.94. The van der Waals surface area contributed by atoms with Crippen LogP contribution in [-0.4, -0.2) is 16.7 Å². The normalized spacial score (nSPS) is 10.3. The number of nitrogens with zero attached hydrogens (tertiary/aromatic N) is 2. The van der Waals surface area contributed by atoms with E-state index in [0.717, 1.165) is 12.1 Å². The van der Waals surface area contributed by atoms with E-state index in [9.17, 15) is 0 Å². The monoisotopic (exact) mass is 203 g/mol. The van der Waals surface area contributed by atoms with Gasteiger partial charge in [-0.3, -0.25) is 0 Å². The van der Waals surface area contributed by atoms with Gasteiger partial charge in [-0.1, -0.05) is 35.0 Å². The SMILES string of the molecule is CCNc1nc(-c2ccc(C)cc2)no1. The molecule has 0 radical (unpaired) electrons. The molecule has 15 heavy (non-hydrogen) atoms. The fourth-order valence-corrected chi connectivity index (χ4v) is 1.27. The summed E-state index contributed by atoms with van der Waals surface area (Å²) in [6, 6.07) is 8.48. The minimum absolute atomic E-state index is 0.466. The Morgan fingerprint density at radius 2 is 2.00 bits per heavy atom. The van der Waals surface area contributed by atoms with Gasteiger partial charge in [-0.2, -0.15) is 4.98 Å². The van der Waals surface area contributed by atoms with E-state index in [4.69, 9.17) is 4.52 Å². The Balaban J connectivity index is 2.25. The quantitative estimate of drug-likeness (QED) is 0.832. The summed E-state index contributed by atoms with van der Waals surface area (Å²) in [5.74, 6) is 0.617. The lowest BCUT2D eigenvalue weighted by Gasteiger charge is -1.94. The van der Waals surface area contributed by atoms with Gasteiger partial charge in [0.1, 0.15) is 0 Å². The average Bonchev–Trinajstić information content (AvgIpc) is 2.68. The zero-order chi connectivity index (χ0) is 10.7. The van der Waals surface area contributed by atoms with Crippen molar-refractivity contribution in [3.05, 3.63) is 29.8 Å². The summed E-state index contributed by atoms with van der Waals surface area (Å²) in [6.45, 7) is 4.80. The molecule has 0 unspecified atom stereocenters. The van der Waals surface area contributed by atoms with Crippen molar-refractivity contribution in [1.29, 1.82) is 0 Å². The summed E-state index contributed by atoms with van der Waals surface area (Å²) in [4.78, 5) is 4.21. The van der Waals surface area contributed by atoms with Gasteiger partial charge in [0, 0.05) is 12.1 Å². The smallest absolute Gasteiger partial charge is 0.321 e. The Bertz CT molecular complexity index is 433. The zero-order valence-electron chi connectivity index (χ0n) is 8.82. The molecule has 0 amide bonds. The van der Waals surface area contributed by atoms with Gasteiger partial charge in [0.05, 0.1) is 0 Å². The molecule has 4 heteroatoms. The van der Waals surface area contributed by atoms with Crippen molar-refractivity contribution >= 4 is 6.01 Å². The van der Waals surface area contributed by atoms with Crippen LogP contribution in [0.3, 0.4) is 0 Å². The Morgan fingerprint density at radius 3 is 2.67 bits per heavy atom. The summed E-state index contributed by atoms with van der Waals surface area (Å²) >= 11 is 0. The van der Waals surface area contributed by atoms with Gasteiger partial charge >= 0.3 is 6.01 Å². The maximum absolute atomic E-state index is 5.02. The number of hydrogen-bond acceptors (Lipinski definition) is 4. The molecule has 4 nitrogen and oxygen atoms in total. The van der Waals surface area contributed by atoms with Crippen LogP contribution in [0.2, 0.25) is 0 Å². The van der Waals surface area contributed by atoms with Crippen LogP contribution in [0, 0.1) is 6.92 Å². The van der Waals surface area contributed by atoms with Crippen LogP contribution in [0.4, 0.5) is 6.01 Å². The van der Waals surface area contributed by atoms with Crippen LogP contribution in [0.15, 0.2) is 28.8 Å². The maximum Gasteiger partial charge on any atom is 0.321 e. The highest BCUT2D eigenvalue weighted by Crippen LogP contribution is 2.17. The number of aromatic nitrogens is 2. The fourth-order valence-electron chi connectivity index (χ4n) is 1.27. The number of rotatable bonds is 3. The largest absolute Gasteiger partial charge is 0.338 e. The maximum atomic E-state index is 5.02. The van der Waals surface area contributed by atoms with E-state index >= 15 is 0 Å². The van der Waals surface area contributed by atoms with Crippen molar-refractivity contribution < 1.29 is 4.52 Å². The fraction of sp³-hybridized carbons (Fsp3) is 0.273. The molecular weight excluding hydrogens is 190 g/mol.